The fourth-order valence-electron chi connectivity index (χ4n) is 1.49. The number of rotatable bonds is 6. The zero-order valence-corrected chi connectivity index (χ0v) is 10.9. The molecule has 20 heavy (non-hydrogen) atoms. The third-order valence-corrected chi connectivity index (χ3v) is 2.37. The predicted molar refractivity (Wildman–Crippen MR) is 67.3 cm³/mol. The van der Waals surface area contributed by atoms with E-state index in [9.17, 15) is 18.0 Å². The van der Waals surface area contributed by atoms with Crippen LogP contribution in [0.15, 0.2) is 36.9 Å². The summed E-state index contributed by atoms with van der Waals surface area (Å²) in [5, 5.41) is 0. The molecular formula is C14H15F3O3. The fourth-order valence-corrected chi connectivity index (χ4v) is 1.49. The van der Waals surface area contributed by atoms with Gasteiger partial charge in [-0.3, -0.25) is 0 Å². The third-order valence-electron chi connectivity index (χ3n) is 2.37. The molecule has 0 radical (unpaired) electrons. The molecule has 1 aromatic rings. The Morgan fingerprint density at radius 2 is 2.15 bits per heavy atom. The molecule has 0 saturated heterocycles. The van der Waals surface area contributed by atoms with Crippen LogP contribution in [0, 0.1) is 0 Å². The first-order valence-electron chi connectivity index (χ1n) is 6.00. The maximum Gasteiger partial charge on any atom is 0.416 e. The van der Waals surface area contributed by atoms with Crippen molar-refractivity contribution < 1.29 is 27.4 Å². The van der Waals surface area contributed by atoms with E-state index in [1.54, 1.807) is 6.92 Å². The van der Waals surface area contributed by atoms with E-state index >= 15 is 0 Å². The Morgan fingerprint density at radius 3 is 2.70 bits per heavy atom. The summed E-state index contributed by atoms with van der Waals surface area (Å²) in [6.45, 7) is 5.27. The van der Waals surface area contributed by atoms with Gasteiger partial charge in [-0.1, -0.05) is 12.1 Å². The Bertz CT molecular complexity index is 469. The maximum absolute atomic E-state index is 12.6. The average molecular weight is 288 g/mol. The SMILES string of the molecule is C=CCC(Oc1cccc(C(F)(F)F)c1)C(=O)OCC. The van der Waals surface area contributed by atoms with E-state index in [-0.39, 0.29) is 18.8 Å². The van der Waals surface area contributed by atoms with Gasteiger partial charge in [0, 0.05) is 6.42 Å². The van der Waals surface area contributed by atoms with Gasteiger partial charge in [-0.25, -0.2) is 4.79 Å². The molecule has 0 aliphatic carbocycles. The summed E-state index contributed by atoms with van der Waals surface area (Å²) in [5.41, 5.74) is -0.837. The number of benzene rings is 1. The highest BCUT2D eigenvalue weighted by molar-refractivity contribution is 5.75. The number of carbonyl (C=O) groups excluding carboxylic acids is 1. The van der Waals surface area contributed by atoms with Crippen LogP contribution in [0.5, 0.6) is 5.75 Å². The second kappa shape index (κ2) is 6.98. The van der Waals surface area contributed by atoms with Crippen LogP contribution in [0.4, 0.5) is 13.2 Å². The van der Waals surface area contributed by atoms with E-state index in [4.69, 9.17) is 9.47 Å². The average Bonchev–Trinajstić information content (AvgIpc) is 2.38. The molecule has 110 valence electrons. The van der Waals surface area contributed by atoms with Crippen molar-refractivity contribution >= 4 is 5.97 Å². The molecule has 1 unspecified atom stereocenters. The zero-order valence-electron chi connectivity index (χ0n) is 10.9. The van der Waals surface area contributed by atoms with Gasteiger partial charge < -0.3 is 9.47 Å². The van der Waals surface area contributed by atoms with Gasteiger partial charge in [0.15, 0.2) is 6.10 Å². The number of esters is 1. The van der Waals surface area contributed by atoms with Gasteiger partial charge in [0.25, 0.3) is 0 Å². The van der Waals surface area contributed by atoms with Crippen LogP contribution in [0.2, 0.25) is 0 Å². The topological polar surface area (TPSA) is 35.5 Å². The molecule has 0 amide bonds. The van der Waals surface area contributed by atoms with Gasteiger partial charge >= 0.3 is 12.1 Å². The third kappa shape index (κ3) is 4.60. The Hall–Kier alpha value is -1.98. The summed E-state index contributed by atoms with van der Waals surface area (Å²) in [4.78, 5) is 11.6. The molecule has 0 fully saturated rings. The quantitative estimate of drug-likeness (QED) is 0.592. The molecule has 0 aromatic heterocycles. The van der Waals surface area contributed by atoms with E-state index in [0.29, 0.717) is 0 Å². The largest absolute Gasteiger partial charge is 0.478 e. The number of halogens is 3. The normalized spacial score (nSPS) is 12.6. The molecule has 0 spiro atoms. The van der Waals surface area contributed by atoms with Gasteiger partial charge in [-0.2, -0.15) is 13.2 Å². The van der Waals surface area contributed by atoms with Crippen molar-refractivity contribution in [3.63, 3.8) is 0 Å². The van der Waals surface area contributed by atoms with Gasteiger partial charge in [-0.15, -0.1) is 6.58 Å². The molecule has 0 aliphatic rings. The summed E-state index contributed by atoms with van der Waals surface area (Å²) >= 11 is 0. The van der Waals surface area contributed by atoms with Crippen molar-refractivity contribution in [2.75, 3.05) is 6.61 Å². The first kappa shape index (κ1) is 16.1. The van der Waals surface area contributed by atoms with E-state index < -0.39 is 23.8 Å². The molecule has 0 heterocycles. The van der Waals surface area contributed by atoms with Crippen LogP contribution in [0.25, 0.3) is 0 Å². The molecule has 1 rings (SSSR count). The Morgan fingerprint density at radius 1 is 1.45 bits per heavy atom. The minimum Gasteiger partial charge on any atom is -0.478 e. The first-order chi connectivity index (χ1) is 9.38. The standard InChI is InChI=1S/C14H15F3O3/c1-3-6-12(13(18)19-4-2)20-11-8-5-7-10(9-11)14(15,16)17/h3,5,7-9,12H,1,4,6H2,2H3. The van der Waals surface area contributed by atoms with E-state index in [1.165, 1.54) is 18.2 Å². The summed E-state index contributed by atoms with van der Waals surface area (Å²) in [6.07, 6.45) is -3.88. The lowest BCUT2D eigenvalue weighted by Crippen LogP contribution is -2.29. The van der Waals surface area contributed by atoms with Crippen LogP contribution >= 0.6 is 0 Å². The number of ether oxygens (including phenoxy) is 2. The minimum absolute atomic E-state index is 0.0419. The molecule has 0 N–H and O–H groups in total. The lowest BCUT2D eigenvalue weighted by molar-refractivity contribution is -0.151. The maximum atomic E-state index is 12.6. The van der Waals surface area contributed by atoms with Gasteiger partial charge in [-0.05, 0) is 25.1 Å². The predicted octanol–water partition coefficient (Wildman–Crippen LogP) is 3.59. The molecule has 3 nitrogen and oxygen atoms in total. The Balaban J connectivity index is 2.88. The number of alkyl halides is 3. The van der Waals surface area contributed by atoms with Crippen LogP contribution in [0.3, 0.4) is 0 Å². The summed E-state index contributed by atoms with van der Waals surface area (Å²) in [6, 6.07) is 4.34. The Kier molecular flexibility index (Phi) is 5.61. The first-order valence-corrected chi connectivity index (χ1v) is 6.00. The lowest BCUT2D eigenvalue weighted by Gasteiger charge is -2.17. The van der Waals surface area contributed by atoms with Gasteiger partial charge in [0.1, 0.15) is 5.75 Å². The Labute approximate surface area is 115 Å². The molecular weight excluding hydrogens is 273 g/mol. The monoisotopic (exact) mass is 288 g/mol. The fraction of sp³-hybridized carbons (Fsp3) is 0.357. The summed E-state index contributed by atoms with van der Waals surface area (Å²) in [5.74, 6) is -0.676. The minimum atomic E-state index is -4.46. The highest BCUT2D eigenvalue weighted by Gasteiger charge is 2.31. The van der Waals surface area contributed by atoms with Gasteiger partial charge in [0.2, 0.25) is 0 Å². The second-order valence-electron chi connectivity index (χ2n) is 3.91. The molecule has 0 saturated carbocycles. The van der Waals surface area contributed by atoms with E-state index in [0.717, 1.165) is 12.1 Å². The van der Waals surface area contributed by atoms with Crippen molar-refractivity contribution in [1.82, 2.24) is 0 Å². The lowest BCUT2D eigenvalue weighted by atomic mass is 10.2. The van der Waals surface area contributed by atoms with Crippen molar-refractivity contribution in [2.24, 2.45) is 0 Å². The van der Waals surface area contributed by atoms with Crippen LogP contribution in [0.1, 0.15) is 18.9 Å². The number of hydrogen-bond acceptors (Lipinski definition) is 3. The highest BCUT2D eigenvalue weighted by Crippen LogP contribution is 2.31. The zero-order chi connectivity index (χ0) is 15.2. The number of carbonyl (C=O) groups is 1. The summed E-state index contributed by atoms with van der Waals surface area (Å²) in [7, 11) is 0. The van der Waals surface area contributed by atoms with E-state index in [1.807, 2.05) is 0 Å². The summed E-state index contributed by atoms with van der Waals surface area (Å²) < 4.78 is 47.8. The molecule has 0 aliphatic heterocycles. The molecule has 6 heteroatoms. The van der Waals surface area contributed by atoms with Crippen molar-refractivity contribution in [1.29, 1.82) is 0 Å². The second-order valence-corrected chi connectivity index (χ2v) is 3.91. The molecule has 0 bridgehead atoms. The van der Waals surface area contributed by atoms with Crippen LogP contribution in [-0.2, 0) is 15.7 Å². The highest BCUT2D eigenvalue weighted by atomic mass is 19.4. The van der Waals surface area contributed by atoms with E-state index in [2.05, 4.69) is 6.58 Å². The molecule has 1 atom stereocenters. The number of hydrogen-bond donors (Lipinski definition) is 0. The van der Waals surface area contributed by atoms with Gasteiger partial charge in [0.05, 0.1) is 12.2 Å². The van der Waals surface area contributed by atoms with Crippen molar-refractivity contribution in [2.45, 2.75) is 25.6 Å². The smallest absolute Gasteiger partial charge is 0.416 e. The van der Waals surface area contributed by atoms with Crippen LogP contribution < -0.4 is 4.74 Å². The van der Waals surface area contributed by atoms with Crippen molar-refractivity contribution in [3.8, 4) is 5.75 Å². The van der Waals surface area contributed by atoms with Crippen molar-refractivity contribution in [3.05, 3.63) is 42.5 Å². The van der Waals surface area contributed by atoms with Crippen LogP contribution in [-0.4, -0.2) is 18.7 Å². The molecule has 1 aromatic carbocycles.